The lowest BCUT2D eigenvalue weighted by Gasteiger charge is -2.35. The van der Waals surface area contributed by atoms with E-state index >= 15 is 0 Å². The van der Waals surface area contributed by atoms with Crippen LogP contribution in [-0.4, -0.2) is 41.5 Å². The van der Waals surface area contributed by atoms with Gasteiger partial charge in [0.15, 0.2) is 0 Å². The molecule has 2 heterocycles. The Hall–Kier alpha value is -2.20. The molecule has 1 aliphatic rings. The van der Waals surface area contributed by atoms with Gasteiger partial charge in [0.25, 0.3) is 5.91 Å². The average Bonchev–Trinajstić information content (AvgIpc) is 2.67. The highest BCUT2D eigenvalue weighted by atomic mass is 16.1. The van der Waals surface area contributed by atoms with Crippen molar-refractivity contribution in [2.24, 2.45) is 0 Å². The molecule has 1 aromatic heterocycles. The number of carbonyl (C=O) groups excluding carboxylic acids is 1. The Morgan fingerprint density at radius 1 is 1.08 bits per heavy atom. The second kappa shape index (κ2) is 8.60. The Kier molecular flexibility index (Phi) is 5.96. The van der Waals surface area contributed by atoms with Crippen molar-refractivity contribution in [3.05, 3.63) is 66.0 Å². The molecular weight excluding hydrogens is 298 g/mol. The summed E-state index contributed by atoms with van der Waals surface area (Å²) in [6, 6.07) is 14.5. The van der Waals surface area contributed by atoms with Gasteiger partial charge in [0.05, 0.1) is 5.56 Å². The SMILES string of the molecule is O=C(NCC(Cc1ccccc1)N1CCCCC1)c1cccnc1. The van der Waals surface area contributed by atoms with Crippen molar-refractivity contribution >= 4 is 5.91 Å². The third-order valence-electron chi connectivity index (χ3n) is 4.64. The van der Waals surface area contributed by atoms with E-state index < -0.39 is 0 Å². The molecule has 0 aliphatic carbocycles. The number of aromatic nitrogens is 1. The second-order valence-electron chi connectivity index (χ2n) is 6.39. The van der Waals surface area contributed by atoms with E-state index in [1.807, 2.05) is 6.07 Å². The van der Waals surface area contributed by atoms with Gasteiger partial charge >= 0.3 is 0 Å². The molecule has 1 aliphatic heterocycles. The van der Waals surface area contributed by atoms with Crippen molar-refractivity contribution in [2.75, 3.05) is 19.6 Å². The zero-order chi connectivity index (χ0) is 16.6. The first kappa shape index (κ1) is 16.7. The lowest BCUT2D eigenvalue weighted by molar-refractivity contribution is 0.0923. The largest absolute Gasteiger partial charge is 0.350 e. The van der Waals surface area contributed by atoms with E-state index in [1.165, 1.54) is 24.8 Å². The van der Waals surface area contributed by atoms with E-state index in [-0.39, 0.29) is 5.91 Å². The van der Waals surface area contributed by atoms with Crippen molar-refractivity contribution in [2.45, 2.75) is 31.7 Å². The van der Waals surface area contributed by atoms with Crippen LogP contribution in [-0.2, 0) is 6.42 Å². The molecule has 1 N–H and O–H groups in total. The highest BCUT2D eigenvalue weighted by molar-refractivity contribution is 5.93. The summed E-state index contributed by atoms with van der Waals surface area (Å²) in [4.78, 5) is 18.9. The van der Waals surface area contributed by atoms with Gasteiger partial charge in [-0.3, -0.25) is 14.7 Å². The fourth-order valence-corrected chi connectivity index (χ4v) is 3.31. The van der Waals surface area contributed by atoms with Crippen molar-refractivity contribution in [3.8, 4) is 0 Å². The van der Waals surface area contributed by atoms with Crippen molar-refractivity contribution < 1.29 is 4.79 Å². The van der Waals surface area contributed by atoms with Crippen LogP contribution >= 0.6 is 0 Å². The van der Waals surface area contributed by atoms with Crippen LogP contribution in [0.15, 0.2) is 54.9 Å². The molecule has 1 saturated heterocycles. The van der Waals surface area contributed by atoms with E-state index in [2.05, 4.69) is 39.5 Å². The van der Waals surface area contributed by atoms with E-state index in [1.54, 1.807) is 24.5 Å². The lowest BCUT2D eigenvalue weighted by atomic mass is 10.0. The quantitative estimate of drug-likeness (QED) is 0.889. The van der Waals surface area contributed by atoms with Gasteiger partial charge in [-0.1, -0.05) is 36.8 Å². The summed E-state index contributed by atoms with van der Waals surface area (Å²) in [5.74, 6) is -0.0434. The van der Waals surface area contributed by atoms with Gasteiger partial charge in [-0.25, -0.2) is 0 Å². The molecule has 0 saturated carbocycles. The first-order valence-electron chi connectivity index (χ1n) is 8.79. The van der Waals surface area contributed by atoms with Gasteiger partial charge in [-0.2, -0.15) is 0 Å². The molecule has 1 atom stereocenters. The van der Waals surface area contributed by atoms with Crippen molar-refractivity contribution in [1.82, 2.24) is 15.2 Å². The Labute approximate surface area is 143 Å². The van der Waals surface area contributed by atoms with Gasteiger partial charge < -0.3 is 5.32 Å². The van der Waals surface area contributed by atoms with E-state index in [9.17, 15) is 4.79 Å². The Bertz CT molecular complexity index is 624. The maximum atomic E-state index is 12.3. The predicted molar refractivity (Wildman–Crippen MR) is 95.9 cm³/mol. The minimum absolute atomic E-state index is 0.0434. The van der Waals surface area contributed by atoms with Gasteiger partial charge in [-0.15, -0.1) is 0 Å². The number of piperidine rings is 1. The Balaban J connectivity index is 1.64. The van der Waals surface area contributed by atoms with Crippen LogP contribution in [0.25, 0.3) is 0 Å². The number of rotatable bonds is 6. The molecule has 1 aromatic carbocycles. The van der Waals surface area contributed by atoms with E-state index in [0.29, 0.717) is 18.2 Å². The topological polar surface area (TPSA) is 45.2 Å². The van der Waals surface area contributed by atoms with Gasteiger partial charge in [0.2, 0.25) is 0 Å². The van der Waals surface area contributed by atoms with Crippen LogP contribution in [0.2, 0.25) is 0 Å². The number of nitrogens with one attached hydrogen (secondary N) is 1. The number of carbonyl (C=O) groups is 1. The maximum absolute atomic E-state index is 12.3. The third kappa shape index (κ3) is 4.65. The number of pyridine rings is 1. The van der Waals surface area contributed by atoms with Crippen LogP contribution in [0.5, 0.6) is 0 Å². The summed E-state index contributed by atoms with van der Waals surface area (Å²) in [6.07, 6.45) is 8.08. The normalized spacial score (nSPS) is 16.5. The molecule has 1 unspecified atom stereocenters. The standard InChI is InChI=1S/C20H25N3O/c24-20(18-10-7-11-21-15-18)22-16-19(23-12-5-2-6-13-23)14-17-8-3-1-4-9-17/h1,3-4,7-11,15,19H,2,5-6,12-14,16H2,(H,22,24). The molecule has 24 heavy (non-hydrogen) atoms. The molecule has 4 nitrogen and oxygen atoms in total. The summed E-state index contributed by atoms with van der Waals surface area (Å²) < 4.78 is 0. The van der Waals surface area contributed by atoms with Crippen LogP contribution in [0.4, 0.5) is 0 Å². The minimum atomic E-state index is -0.0434. The molecule has 1 amide bonds. The number of benzene rings is 1. The lowest BCUT2D eigenvalue weighted by Crippen LogP contribution is -2.47. The first-order chi connectivity index (χ1) is 11.8. The molecule has 2 aromatic rings. The molecule has 126 valence electrons. The number of amides is 1. The second-order valence-corrected chi connectivity index (χ2v) is 6.39. The van der Waals surface area contributed by atoms with Crippen LogP contribution in [0.3, 0.4) is 0 Å². The highest BCUT2D eigenvalue weighted by Gasteiger charge is 2.21. The molecule has 0 spiro atoms. The van der Waals surface area contributed by atoms with Gasteiger partial charge in [0, 0.05) is 25.0 Å². The van der Waals surface area contributed by atoms with Crippen LogP contribution in [0.1, 0.15) is 35.2 Å². The predicted octanol–water partition coefficient (Wildman–Crippen LogP) is 2.91. The molecular formula is C20H25N3O. The summed E-state index contributed by atoms with van der Waals surface area (Å²) in [5, 5.41) is 3.10. The monoisotopic (exact) mass is 323 g/mol. The molecule has 4 heteroatoms. The first-order valence-corrected chi connectivity index (χ1v) is 8.79. The smallest absolute Gasteiger partial charge is 0.252 e. The van der Waals surface area contributed by atoms with E-state index in [4.69, 9.17) is 0 Å². The Morgan fingerprint density at radius 3 is 2.58 bits per heavy atom. The number of likely N-dealkylation sites (tertiary alicyclic amines) is 1. The van der Waals surface area contributed by atoms with Crippen LogP contribution in [0, 0.1) is 0 Å². The van der Waals surface area contributed by atoms with Gasteiger partial charge in [0.1, 0.15) is 0 Å². The zero-order valence-electron chi connectivity index (χ0n) is 14.0. The number of nitrogens with zero attached hydrogens (tertiary/aromatic N) is 2. The average molecular weight is 323 g/mol. The zero-order valence-corrected chi connectivity index (χ0v) is 14.0. The third-order valence-corrected chi connectivity index (χ3v) is 4.64. The molecule has 0 bridgehead atoms. The summed E-state index contributed by atoms with van der Waals surface area (Å²) >= 11 is 0. The summed E-state index contributed by atoms with van der Waals surface area (Å²) in [7, 11) is 0. The number of hydrogen-bond donors (Lipinski definition) is 1. The fraction of sp³-hybridized carbons (Fsp3) is 0.400. The molecule has 1 fully saturated rings. The number of hydrogen-bond acceptors (Lipinski definition) is 3. The summed E-state index contributed by atoms with van der Waals surface area (Å²) in [6.45, 7) is 2.92. The molecule has 0 radical (unpaired) electrons. The van der Waals surface area contributed by atoms with Crippen molar-refractivity contribution in [1.29, 1.82) is 0 Å². The minimum Gasteiger partial charge on any atom is -0.350 e. The maximum Gasteiger partial charge on any atom is 0.252 e. The molecule has 3 rings (SSSR count). The van der Waals surface area contributed by atoms with Crippen molar-refractivity contribution in [3.63, 3.8) is 0 Å². The van der Waals surface area contributed by atoms with Crippen LogP contribution < -0.4 is 5.32 Å². The Morgan fingerprint density at radius 2 is 1.88 bits per heavy atom. The fourth-order valence-electron chi connectivity index (χ4n) is 3.31. The van der Waals surface area contributed by atoms with E-state index in [0.717, 1.165) is 19.5 Å². The summed E-state index contributed by atoms with van der Waals surface area (Å²) in [5.41, 5.74) is 1.94. The van der Waals surface area contributed by atoms with Gasteiger partial charge in [-0.05, 0) is 50.0 Å². The highest BCUT2D eigenvalue weighted by Crippen LogP contribution is 2.15.